The standard InChI is InChI=1S/C24H30FN5O3S/c1-2-16-14-26-24(27-15-16)29-9-5-18(6-10-29)30-8-3-4-20(23(30)31)28-21-12-17-7-11-34(32,33)22(17)13-19(21)25/h12-15,18,20,28H,2-11H2,1H3. The molecule has 1 aromatic heterocycles. The first kappa shape index (κ1) is 23.0. The third-order valence-corrected chi connectivity index (χ3v) is 9.01. The van der Waals surface area contributed by atoms with E-state index in [0.717, 1.165) is 56.4 Å². The van der Waals surface area contributed by atoms with Crippen LogP contribution in [0.15, 0.2) is 29.4 Å². The number of hydrogen-bond donors (Lipinski definition) is 1. The van der Waals surface area contributed by atoms with Crippen LogP contribution in [0.25, 0.3) is 0 Å². The van der Waals surface area contributed by atoms with E-state index < -0.39 is 21.7 Å². The maximum absolute atomic E-state index is 14.7. The van der Waals surface area contributed by atoms with Crippen molar-refractivity contribution >= 4 is 27.4 Å². The highest BCUT2D eigenvalue weighted by Gasteiger charge is 2.36. The predicted octanol–water partition coefficient (Wildman–Crippen LogP) is 2.58. The lowest BCUT2D eigenvalue weighted by molar-refractivity contribution is -0.137. The first-order valence-corrected chi connectivity index (χ1v) is 13.7. The molecule has 5 rings (SSSR count). The molecule has 1 atom stereocenters. The van der Waals surface area contributed by atoms with Crippen LogP contribution in [0.3, 0.4) is 0 Å². The van der Waals surface area contributed by atoms with E-state index in [1.165, 1.54) is 0 Å². The van der Waals surface area contributed by atoms with Gasteiger partial charge in [0.1, 0.15) is 11.9 Å². The van der Waals surface area contributed by atoms with E-state index in [0.29, 0.717) is 24.9 Å². The van der Waals surface area contributed by atoms with Crippen LogP contribution in [0.4, 0.5) is 16.0 Å². The van der Waals surface area contributed by atoms with E-state index >= 15 is 0 Å². The van der Waals surface area contributed by atoms with Gasteiger partial charge < -0.3 is 15.1 Å². The fourth-order valence-corrected chi connectivity index (χ4v) is 6.76. The Morgan fingerprint density at radius 2 is 1.85 bits per heavy atom. The fourth-order valence-electron chi connectivity index (χ4n) is 5.20. The van der Waals surface area contributed by atoms with Crippen LogP contribution >= 0.6 is 0 Å². The minimum atomic E-state index is -3.40. The summed E-state index contributed by atoms with van der Waals surface area (Å²) in [4.78, 5) is 26.4. The summed E-state index contributed by atoms with van der Waals surface area (Å²) < 4.78 is 38.8. The topological polar surface area (TPSA) is 95.5 Å². The number of nitrogens with one attached hydrogen (secondary N) is 1. The van der Waals surface area contributed by atoms with Crippen LogP contribution in [-0.4, -0.2) is 66.7 Å². The smallest absolute Gasteiger partial charge is 0.245 e. The van der Waals surface area contributed by atoms with Crippen molar-refractivity contribution in [1.82, 2.24) is 14.9 Å². The normalized spacial score (nSPS) is 22.6. The van der Waals surface area contributed by atoms with Crippen LogP contribution in [0.5, 0.6) is 0 Å². The van der Waals surface area contributed by atoms with Crippen LogP contribution in [0, 0.1) is 5.82 Å². The van der Waals surface area contributed by atoms with Gasteiger partial charge in [-0.15, -0.1) is 0 Å². The molecule has 0 radical (unpaired) electrons. The number of sulfone groups is 1. The number of benzene rings is 1. The molecule has 3 aliphatic heterocycles. The summed E-state index contributed by atoms with van der Waals surface area (Å²) in [5.41, 5.74) is 1.93. The SMILES string of the molecule is CCc1cnc(N2CCC(N3CCCC(Nc4cc5c(cc4F)S(=O)(=O)CC5)C3=O)CC2)nc1. The lowest BCUT2D eigenvalue weighted by atomic mass is 9.97. The molecule has 2 aromatic rings. The molecule has 1 unspecified atom stereocenters. The summed E-state index contributed by atoms with van der Waals surface area (Å²) in [6, 6.07) is 2.28. The number of carbonyl (C=O) groups is 1. The summed E-state index contributed by atoms with van der Waals surface area (Å²) in [7, 11) is -3.40. The Kier molecular flexibility index (Phi) is 6.18. The van der Waals surface area contributed by atoms with Crippen LogP contribution in [0.2, 0.25) is 0 Å². The van der Waals surface area contributed by atoms with Gasteiger partial charge in [0.2, 0.25) is 11.9 Å². The number of fused-ring (bicyclic) bond motifs is 1. The summed E-state index contributed by atoms with van der Waals surface area (Å²) in [6.07, 6.45) is 8.15. The lowest BCUT2D eigenvalue weighted by Crippen LogP contribution is -2.54. The number of aryl methyl sites for hydroxylation is 2. The Morgan fingerprint density at radius 1 is 1.12 bits per heavy atom. The van der Waals surface area contributed by atoms with E-state index in [4.69, 9.17) is 0 Å². The molecule has 1 aromatic carbocycles. The summed E-state index contributed by atoms with van der Waals surface area (Å²) in [6.45, 7) is 4.34. The zero-order chi connectivity index (χ0) is 23.9. The highest BCUT2D eigenvalue weighted by molar-refractivity contribution is 7.91. The zero-order valence-electron chi connectivity index (χ0n) is 19.3. The Labute approximate surface area is 199 Å². The van der Waals surface area contributed by atoms with Gasteiger partial charge in [-0.1, -0.05) is 6.92 Å². The average molecular weight is 488 g/mol. The molecule has 4 heterocycles. The number of likely N-dealkylation sites (tertiary alicyclic amines) is 1. The van der Waals surface area contributed by atoms with E-state index in [9.17, 15) is 17.6 Å². The molecule has 3 aliphatic rings. The number of rotatable bonds is 5. The number of nitrogens with zero attached hydrogens (tertiary/aromatic N) is 4. The molecule has 10 heteroatoms. The van der Waals surface area contributed by atoms with Gasteiger partial charge in [-0.05, 0) is 61.8 Å². The molecule has 0 spiro atoms. The first-order valence-electron chi connectivity index (χ1n) is 12.0. The van der Waals surface area contributed by atoms with Gasteiger partial charge in [-0.25, -0.2) is 22.8 Å². The first-order chi connectivity index (χ1) is 16.4. The quantitative estimate of drug-likeness (QED) is 0.693. The van der Waals surface area contributed by atoms with Crippen molar-refractivity contribution in [2.24, 2.45) is 0 Å². The maximum atomic E-state index is 14.7. The average Bonchev–Trinajstić information content (AvgIpc) is 3.14. The molecular weight excluding hydrogens is 457 g/mol. The molecule has 0 aliphatic carbocycles. The highest BCUT2D eigenvalue weighted by Crippen LogP contribution is 2.32. The monoisotopic (exact) mass is 487 g/mol. The van der Waals surface area contributed by atoms with Crippen molar-refractivity contribution < 1.29 is 17.6 Å². The molecule has 0 bridgehead atoms. The van der Waals surface area contributed by atoms with Gasteiger partial charge in [0.15, 0.2) is 9.84 Å². The van der Waals surface area contributed by atoms with Crippen molar-refractivity contribution in [3.05, 3.63) is 41.5 Å². The summed E-state index contributed by atoms with van der Waals surface area (Å²) in [5.74, 6) is 0.0972. The molecule has 0 saturated carbocycles. The molecule has 2 fully saturated rings. The van der Waals surface area contributed by atoms with Gasteiger partial charge in [0, 0.05) is 38.1 Å². The summed E-state index contributed by atoms with van der Waals surface area (Å²) >= 11 is 0. The third-order valence-electron chi connectivity index (χ3n) is 7.22. The van der Waals surface area contributed by atoms with E-state index in [1.54, 1.807) is 6.07 Å². The fraction of sp³-hybridized carbons (Fsp3) is 0.542. The van der Waals surface area contributed by atoms with E-state index in [-0.39, 0.29) is 28.3 Å². The van der Waals surface area contributed by atoms with Crippen LogP contribution in [0.1, 0.15) is 43.7 Å². The lowest BCUT2D eigenvalue weighted by Gasteiger charge is -2.42. The molecule has 1 N–H and O–H groups in total. The second-order valence-corrected chi connectivity index (χ2v) is 11.4. The largest absolute Gasteiger partial charge is 0.371 e. The Morgan fingerprint density at radius 3 is 2.56 bits per heavy atom. The van der Waals surface area contributed by atoms with Crippen LogP contribution in [-0.2, 0) is 27.5 Å². The molecule has 34 heavy (non-hydrogen) atoms. The molecule has 1 amide bonds. The third kappa shape index (κ3) is 4.35. The minimum absolute atomic E-state index is 0.00779. The Bertz CT molecular complexity index is 1180. The number of halogens is 1. The van der Waals surface area contributed by atoms with Crippen molar-refractivity contribution in [1.29, 1.82) is 0 Å². The number of aromatic nitrogens is 2. The number of carbonyl (C=O) groups excluding carboxylic acids is 1. The van der Waals surface area contributed by atoms with E-state index in [1.807, 2.05) is 17.3 Å². The van der Waals surface area contributed by atoms with Crippen LogP contribution < -0.4 is 10.2 Å². The summed E-state index contributed by atoms with van der Waals surface area (Å²) in [5, 5.41) is 3.08. The van der Waals surface area contributed by atoms with Crippen molar-refractivity contribution in [2.45, 2.75) is 62.4 Å². The molecular formula is C24H30FN5O3S. The van der Waals surface area contributed by atoms with Gasteiger partial charge in [0.05, 0.1) is 16.3 Å². The highest BCUT2D eigenvalue weighted by atomic mass is 32.2. The number of piperidine rings is 2. The maximum Gasteiger partial charge on any atom is 0.245 e. The number of amides is 1. The molecule has 2 saturated heterocycles. The van der Waals surface area contributed by atoms with Crippen molar-refractivity contribution in [2.75, 3.05) is 35.6 Å². The number of anilines is 2. The molecule has 8 nitrogen and oxygen atoms in total. The molecule has 182 valence electrons. The second kappa shape index (κ2) is 9.13. The Balaban J connectivity index is 1.23. The van der Waals surface area contributed by atoms with Gasteiger partial charge >= 0.3 is 0 Å². The van der Waals surface area contributed by atoms with E-state index in [2.05, 4.69) is 27.1 Å². The van der Waals surface area contributed by atoms with Gasteiger partial charge in [0.25, 0.3) is 0 Å². The zero-order valence-corrected chi connectivity index (χ0v) is 20.2. The second-order valence-electron chi connectivity index (χ2n) is 9.34. The van der Waals surface area contributed by atoms with Gasteiger partial charge in [-0.2, -0.15) is 0 Å². The minimum Gasteiger partial charge on any atom is -0.371 e. The van der Waals surface area contributed by atoms with Crippen molar-refractivity contribution in [3.63, 3.8) is 0 Å². The van der Waals surface area contributed by atoms with Gasteiger partial charge in [-0.3, -0.25) is 4.79 Å². The predicted molar refractivity (Wildman–Crippen MR) is 127 cm³/mol. The Hall–Kier alpha value is -2.75. The van der Waals surface area contributed by atoms with Crippen molar-refractivity contribution in [3.8, 4) is 0 Å². The number of hydrogen-bond acceptors (Lipinski definition) is 7.